The molecule has 2 aromatic carbocycles. The number of aromatic nitrogens is 3. The smallest absolute Gasteiger partial charge is 0.335 e. The molecule has 0 amide bonds. The predicted octanol–water partition coefficient (Wildman–Crippen LogP) is 3.99. The minimum Gasteiger partial charge on any atom is -0.493 e. The topological polar surface area (TPSA) is 138 Å². The van der Waals surface area contributed by atoms with E-state index in [1.165, 1.54) is 39.6 Å². The maximum absolute atomic E-state index is 13.0. The monoisotopic (exact) mass is 579 g/mol. The number of benzene rings is 2. The number of anilines is 1. The molecule has 41 heavy (non-hydrogen) atoms. The van der Waals surface area contributed by atoms with Crippen LogP contribution < -0.4 is 15.7 Å². The Morgan fingerprint density at radius 1 is 1.00 bits per heavy atom. The Labute approximate surface area is 240 Å². The van der Waals surface area contributed by atoms with Crippen LogP contribution in [-0.4, -0.2) is 45.8 Å². The van der Waals surface area contributed by atoms with Crippen molar-refractivity contribution in [3.05, 3.63) is 101 Å². The van der Waals surface area contributed by atoms with Crippen molar-refractivity contribution in [3.63, 3.8) is 0 Å². The van der Waals surface area contributed by atoms with Crippen LogP contribution in [0.25, 0.3) is 5.69 Å². The lowest BCUT2D eigenvalue weighted by Gasteiger charge is -2.12. The number of rotatable bonds is 15. The standard InChI is InChI=1S/C30H37N5O5S/c1-2-3-4-5-19-34-29(37)22-35(30(34)38)26-12-14-27(15-13-26)41(39,40)33-25-10-8-23(9-11-25)16-18-32-21-28(36)24-7-6-17-31-20-24/h6-15,17,20,22,28,32-33,36-37H,2-5,16,18-19,21H2,1H3. The van der Waals surface area contributed by atoms with Crippen LogP contribution in [0, 0.1) is 0 Å². The number of sulfonamides is 1. The second-order valence-corrected chi connectivity index (χ2v) is 11.6. The van der Waals surface area contributed by atoms with Crippen LogP contribution in [0.4, 0.5) is 5.69 Å². The molecule has 0 aliphatic carbocycles. The summed E-state index contributed by atoms with van der Waals surface area (Å²) in [6, 6.07) is 16.7. The van der Waals surface area contributed by atoms with Gasteiger partial charge in [0.1, 0.15) is 0 Å². The van der Waals surface area contributed by atoms with Gasteiger partial charge < -0.3 is 15.5 Å². The van der Waals surface area contributed by atoms with Crippen LogP contribution in [-0.2, 0) is 23.0 Å². The van der Waals surface area contributed by atoms with E-state index < -0.39 is 16.1 Å². The van der Waals surface area contributed by atoms with E-state index >= 15 is 0 Å². The van der Waals surface area contributed by atoms with Crippen LogP contribution in [0.5, 0.6) is 5.88 Å². The minimum absolute atomic E-state index is 0.0537. The molecule has 1 atom stereocenters. The molecule has 10 nitrogen and oxygen atoms in total. The molecule has 4 aromatic rings. The predicted molar refractivity (Wildman–Crippen MR) is 159 cm³/mol. The lowest BCUT2D eigenvalue weighted by molar-refractivity contribution is 0.174. The van der Waals surface area contributed by atoms with Gasteiger partial charge in [-0.15, -0.1) is 0 Å². The highest BCUT2D eigenvalue weighted by Gasteiger charge is 2.16. The number of unbranched alkanes of at least 4 members (excludes halogenated alkanes) is 3. The molecule has 0 radical (unpaired) electrons. The summed E-state index contributed by atoms with van der Waals surface area (Å²) in [5, 5.41) is 23.7. The van der Waals surface area contributed by atoms with E-state index in [-0.39, 0.29) is 16.5 Å². The van der Waals surface area contributed by atoms with E-state index in [0.29, 0.717) is 37.4 Å². The Bertz CT molecular complexity index is 1550. The van der Waals surface area contributed by atoms with Crippen LogP contribution in [0.3, 0.4) is 0 Å². The van der Waals surface area contributed by atoms with Gasteiger partial charge in [0.25, 0.3) is 10.0 Å². The Hall–Kier alpha value is -3.93. The SMILES string of the molecule is CCCCCCn1c(O)cn(-c2ccc(S(=O)(=O)Nc3ccc(CCNCC(O)c4cccnc4)cc3)cc2)c1=O. The summed E-state index contributed by atoms with van der Waals surface area (Å²) in [4.78, 5) is 16.9. The first kappa shape index (κ1) is 30.0. The average molecular weight is 580 g/mol. The number of aliphatic hydroxyl groups is 1. The Balaban J connectivity index is 1.31. The normalized spacial score (nSPS) is 12.3. The van der Waals surface area contributed by atoms with Crippen LogP contribution in [0.2, 0.25) is 0 Å². The van der Waals surface area contributed by atoms with E-state index in [0.717, 1.165) is 36.8 Å². The molecule has 0 spiro atoms. The van der Waals surface area contributed by atoms with Gasteiger partial charge in [0.05, 0.1) is 22.9 Å². The number of pyridine rings is 1. The fourth-order valence-corrected chi connectivity index (χ4v) is 5.52. The molecule has 0 saturated heterocycles. The molecule has 0 fully saturated rings. The summed E-state index contributed by atoms with van der Waals surface area (Å²) in [5.41, 5.74) is 2.30. The van der Waals surface area contributed by atoms with Gasteiger partial charge in [0.15, 0.2) is 0 Å². The summed E-state index contributed by atoms with van der Waals surface area (Å²) < 4.78 is 31.1. The maximum Gasteiger partial charge on any atom is 0.335 e. The molecule has 1 unspecified atom stereocenters. The molecule has 4 rings (SSSR count). The van der Waals surface area contributed by atoms with Crippen LogP contribution >= 0.6 is 0 Å². The number of aromatic hydroxyl groups is 1. The Morgan fingerprint density at radius 2 is 1.76 bits per heavy atom. The summed E-state index contributed by atoms with van der Waals surface area (Å²) in [7, 11) is -3.85. The van der Waals surface area contributed by atoms with Crippen molar-refractivity contribution in [2.45, 2.75) is 56.6 Å². The van der Waals surface area contributed by atoms with Gasteiger partial charge in [-0.3, -0.25) is 18.8 Å². The number of aliphatic hydroxyl groups excluding tert-OH is 1. The zero-order valence-corrected chi connectivity index (χ0v) is 23.9. The molecular weight excluding hydrogens is 542 g/mol. The van der Waals surface area contributed by atoms with Crippen molar-refractivity contribution in [2.24, 2.45) is 0 Å². The molecular formula is C30H37N5O5S. The fraction of sp³-hybridized carbons (Fsp3) is 0.333. The van der Waals surface area contributed by atoms with Crippen molar-refractivity contribution in [2.75, 3.05) is 17.8 Å². The number of imidazole rings is 1. The molecule has 0 bridgehead atoms. The second kappa shape index (κ2) is 14.1. The third-order valence-corrected chi connectivity index (χ3v) is 8.22. The zero-order valence-electron chi connectivity index (χ0n) is 23.1. The van der Waals surface area contributed by atoms with Gasteiger partial charge in [-0.2, -0.15) is 0 Å². The molecule has 4 N–H and O–H groups in total. The average Bonchev–Trinajstić information content (AvgIpc) is 3.27. The van der Waals surface area contributed by atoms with Crippen molar-refractivity contribution >= 4 is 15.7 Å². The number of nitrogens with one attached hydrogen (secondary N) is 2. The lowest BCUT2D eigenvalue weighted by atomic mass is 10.1. The largest absolute Gasteiger partial charge is 0.493 e. The quantitative estimate of drug-likeness (QED) is 0.156. The number of hydrogen-bond acceptors (Lipinski definition) is 7. The number of nitrogens with zero attached hydrogens (tertiary/aromatic N) is 3. The van der Waals surface area contributed by atoms with Gasteiger partial charge >= 0.3 is 5.69 Å². The van der Waals surface area contributed by atoms with Crippen molar-refractivity contribution in [1.29, 1.82) is 0 Å². The van der Waals surface area contributed by atoms with Crippen molar-refractivity contribution in [1.82, 2.24) is 19.4 Å². The van der Waals surface area contributed by atoms with Gasteiger partial charge in [-0.1, -0.05) is 44.4 Å². The third kappa shape index (κ3) is 8.06. The van der Waals surface area contributed by atoms with Crippen molar-refractivity contribution < 1.29 is 18.6 Å². The van der Waals surface area contributed by atoms with Gasteiger partial charge in [0.2, 0.25) is 5.88 Å². The molecule has 2 aromatic heterocycles. The summed E-state index contributed by atoms with van der Waals surface area (Å²) in [6.07, 6.45) is 8.65. The second-order valence-electron chi connectivity index (χ2n) is 9.90. The zero-order chi connectivity index (χ0) is 29.2. The Morgan fingerprint density at radius 3 is 2.44 bits per heavy atom. The molecule has 0 aliphatic heterocycles. The first-order valence-corrected chi connectivity index (χ1v) is 15.3. The molecule has 0 aliphatic rings. The highest BCUT2D eigenvalue weighted by molar-refractivity contribution is 7.92. The lowest BCUT2D eigenvalue weighted by Crippen LogP contribution is -2.23. The van der Waals surface area contributed by atoms with Crippen LogP contribution in [0.1, 0.15) is 49.8 Å². The minimum atomic E-state index is -3.85. The fourth-order valence-electron chi connectivity index (χ4n) is 4.46. The van der Waals surface area contributed by atoms with E-state index in [1.807, 2.05) is 18.2 Å². The van der Waals surface area contributed by atoms with E-state index in [4.69, 9.17) is 0 Å². The van der Waals surface area contributed by atoms with E-state index in [2.05, 4.69) is 21.9 Å². The Kier molecular flexibility index (Phi) is 10.3. The molecule has 218 valence electrons. The maximum atomic E-state index is 13.0. The highest BCUT2D eigenvalue weighted by Crippen LogP contribution is 2.20. The molecule has 2 heterocycles. The van der Waals surface area contributed by atoms with Gasteiger partial charge in [-0.25, -0.2) is 13.2 Å². The first-order chi connectivity index (χ1) is 19.8. The van der Waals surface area contributed by atoms with Gasteiger partial charge in [0, 0.05) is 36.7 Å². The summed E-state index contributed by atoms with van der Waals surface area (Å²) in [5.74, 6) is -0.119. The molecule has 0 saturated carbocycles. The summed E-state index contributed by atoms with van der Waals surface area (Å²) in [6.45, 7) is 3.59. The van der Waals surface area contributed by atoms with E-state index in [9.17, 15) is 23.4 Å². The molecule has 11 heteroatoms. The van der Waals surface area contributed by atoms with Crippen molar-refractivity contribution in [3.8, 4) is 11.6 Å². The number of hydrogen-bond donors (Lipinski definition) is 4. The van der Waals surface area contributed by atoms with Crippen LogP contribution in [0.15, 0.2) is 88.9 Å². The third-order valence-electron chi connectivity index (χ3n) is 6.82. The highest BCUT2D eigenvalue weighted by atomic mass is 32.2. The van der Waals surface area contributed by atoms with Gasteiger partial charge in [-0.05, 0) is 67.4 Å². The van der Waals surface area contributed by atoms with E-state index in [1.54, 1.807) is 30.6 Å². The first-order valence-electron chi connectivity index (χ1n) is 13.8. The summed E-state index contributed by atoms with van der Waals surface area (Å²) >= 11 is 0.